The van der Waals surface area contributed by atoms with Gasteiger partial charge in [0.15, 0.2) is 0 Å². The Morgan fingerprint density at radius 2 is 1.59 bits per heavy atom. The Morgan fingerprint density at radius 1 is 0.963 bits per heavy atom. The van der Waals surface area contributed by atoms with Crippen LogP contribution in [0.4, 0.5) is 0 Å². The second kappa shape index (κ2) is 9.29. The van der Waals surface area contributed by atoms with E-state index < -0.39 is 11.4 Å². The number of aromatic amines is 1. The molecule has 5 nitrogen and oxygen atoms in total. The summed E-state index contributed by atoms with van der Waals surface area (Å²) in [7, 11) is 19.0. The summed E-state index contributed by atoms with van der Waals surface area (Å²) in [5, 5.41) is 0. The van der Waals surface area contributed by atoms with Gasteiger partial charge in [0.2, 0.25) is 0 Å². The molecule has 4 rings (SSSR count). The summed E-state index contributed by atoms with van der Waals surface area (Å²) in [5.41, 5.74) is 4.30. The molecule has 0 bridgehead atoms. The summed E-state index contributed by atoms with van der Waals surface area (Å²) in [6.45, 7) is 1.54. The first kappa shape index (κ1) is 20.5. The van der Waals surface area contributed by atoms with Gasteiger partial charge in [0.25, 0.3) is 0 Å². The van der Waals surface area contributed by atoms with Gasteiger partial charge in [-0.3, -0.25) is 4.90 Å². The zero-order chi connectivity index (χ0) is 19.4. The molecule has 0 radical (unpaired) electrons. The molecular weight excluding hydrogens is 445 g/mol. The Labute approximate surface area is 174 Å². The average Bonchev–Trinajstić information content (AvgIpc) is 3.15. The second-order valence-electron chi connectivity index (χ2n) is 6.12. The molecule has 2 heterocycles. The predicted octanol–water partition coefficient (Wildman–Crippen LogP) is 5.15. The van der Waals surface area contributed by atoms with Crippen molar-refractivity contribution in [3.8, 4) is 0 Å². The van der Waals surface area contributed by atoms with E-state index in [9.17, 15) is 0 Å². The third kappa shape index (κ3) is 5.39. The van der Waals surface area contributed by atoms with Gasteiger partial charge in [-0.25, -0.2) is 9.97 Å². The van der Waals surface area contributed by atoms with Crippen molar-refractivity contribution in [3.63, 3.8) is 0 Å². The molecule has 0 saturated heterocycles. The Kier molecular flexibility index (Phi) is 7.05. The van der Waals surface area contributed by atoms with Crippen molar-refractivity contribution in [1.29, 1.82) is 0 Å². The maximum atomic E-state index is 4.93. The summed E-state index contributed by atoms with van der Waals surface area (Å²) >= 11 is -1.62. The molecule has 0 unspecified atom stereocenters. The molecule has 9 heteroatoms. The van der Waals surface area contributed by atoms with Crippen LogP contribution in [0, 0.1) is 0 Å². The zero-order valence-electron chi connectivity index (χ0n) is 14.9. The first-order valence-corrected chi connectivity index (χ1v) is 13.5. The van der Waals surface area contributed by atoms with E-state index in [-0.39, 0.29) is 0 Å². The number of nitrogens with one attached hydrogen (secondary N) is 1. The van der Waals surface area contributed by atoms with Crippen molar-refractivity contribution in [2.45, 2.75) is 13.1 Å². The number of imidazole rings is 2. The van der Waals surface area contributed by atoms with Crippen LogP contribution in [0.25, 0.3) is 22.1 Å². The number of aryl methyl sites for hydroxylation is 1. The Bertz CT molecular complexity index is 994. The molecule has 2 aromatic carbocycles. The monoisotopic (exact) mass is 462 g/mol. The van der Waals surface area contributed by atoms with Crippen molar-refractivity contribution in [2.24, 2.45) is 7.05 Å². The minimum absolute atomic E-state index is 0.762. The van der Waals surface area contributed by atoms with Crippen LogP contribution in [-0.4, -0.2) is 31.5 Å². The van der Waals surface area contributed by atoms with Crippen LogP contribution in [0.15, 0.2) is 48.5 Å². The van der Waals surface area contributed by atoms with Gasteiger partial charge < -0.3 is 9.55 Å². The van der Waals surface area contributed by atoms with E-state index in [1.165, 1.54) is 5.52 Å². The van der Waals surface area contributed by atoms with Gasteiger partial charge in [-0.05, 0) is 31.3 Å². The van der Waals surface area contributed by atoms with Crippen molar-refractivity contribution in [3.05, 3.63) is 60.2 Å². The minimum atomic E-state index is -1.62. The maximum absolute atomic E-state index is 4.93. The fourth-order valence-corrected chi connectivity index (χ4v) is 2.97. The van der Waals surface area contributed by atoms with Gasteiger partial charge in [0, 0.05) is 7.05 Å². The van der Waals surface area contributed by atoms with E-state index in [1.807, 2.05) is 30.3 Å². The topological polar surface area (TPSA) is 49.7 Å². The number of hydrogen-bond acceptors (Lipinski definition) is 3. The fraction of sp³-hybridized carbons (Fsp3) is 0.222. The van der Waals surface area contributed by atoms with Gasteiger partial charge in [-0.2, -0.15) is 0 Å². The molecule has 1 N–H and O–H groups in total. The van der Waals surface area contributed by atoms with Crippen molar-refractivity contribution >= 4 is 52.2 Å². The molecule has 27 heavy (non-hydrogen) atoms. The molecule has 2 aromatic heterocycles. The number of rotatable bonds is 4. The van der Waals surface area contributed by atoms with Crippen LogP contribution < -0.4 is 0 Å². The predicted molar refractivity (Wildman–Crippen MR) is 110 cm³/mol. The summed E-state index contributed by atoms with van der Waals surface area (Å²) < 4.78 is 2.16. The fourth-order valence-electron chi connectivity index (χ4n) is 2.97. The molecule has 0 saturated carbocycles. The van der Waals surface area contributed by atoms with Crippen LogP contribution in [-0.2, 0) is 31.5 Å². The Morgan fingerprint density at radius 3 is 2.26 bits per heavy atom. The average molecular weight is 464 g/mol. The van der Waals surface area contributed by atoms with Crippen molar-refractivity contribution in [1.82, 2.24) is 24.4 Å². The second-order valence-corrected chi connectivity index (χ2v) is 12.4. The number of benzene rings is 2. The molecule has 0 aliphatic heterocycles. The van der Waals surface area contributed by atoms with Crippen molar-refractivity contribution in [2.75, 3.05) is 7.05 Å². The number of H-pyrrole nitrogens is 1. The number of hydrogen-bond donors (Lipinski definition) is 1. The van der Waals surface area contributed by atoms with Crippen LogP contribution in [0.5, 0.6) is 0 Å². The summed E-state index contributed by atoms with van der Waals surface area (Å²) in [4.78, 5) is 15.0. The first-order valence-electron chi connectivity index (χ1n) is 8.19. The van der Waals surface area contributed by atoms with Gasteiger partial charge in [0.1, 0.15) is 11.6 Å². The van der Waals surface area contributed by atoms with E-state index in [2.05, 4.69) is 51.7 Å². The molecule has 0 fully saturated rings. The molecule has 0 amide bonds. The SMILES string of the molecule is CN(Cc1nc2ccccc2[nH]1)Cc1nc2ccccc2n1C.[Cl][Cr+]([Cl])[Cl]. The van der Waals surface area contributed by atoms with E-state index in [4.69, 9.17) is 35.1 Å². The molecule has 0 spiro atoms. The molecule has 0 aliphatic rings. The normalized spacial score (nSPS) is 11.4. The number of halogens is 3. The molecule has 0 atom stereocenters. The van der Waals surface area contributed by atoms with Gasteiger partial charge in [0.05, 0.1) is 35.2 Å². The first-order chi connectivity index (χ1) is 12.9. The molecular formula is C18H19Cl3CrN5+. The van der Waals surface area contributed by atoms with Crippen LogP contribution in [0.2, 0.25) is 0 Å². The third-order valence-corrected chi connectivity index (χ3v) is 4.15. The Hall–Kier alpha value is -1.26. The number of fused-ring (bicyclic) bond motifs is 2. The zero-order valence-corrected chi connectivity index (χ0v) is 18.4. The van der Waals surface area contributed by atoms with Crippen LogP contribution >= 0.6 is 30.1 Å². The molecule has 142 valence electrons. The Balaban J connectivity index is 0.000000481. The van der Waals surface area contributed by atoms with Crippen molar-refractivity contribution < 1.29 is 11.4 Å². The summed E-state index contributed by atoms with van der Waals surface area (Å²) in [6.07, 6.45) is 0. The van der Waals surface area contributed by atoms with Gasteiger partial charge in [-0.1, -0.05) is 24.3 Å². The standard InChI is InChI=1S/C18H19N5.3ClH.Cr/c1-22(11-17-19-13-7-3-4-8-14(13)20-17)12-18-21-15-9-5-6-10-16(15)23(18)2;;;;/h3-10H,11-12H2,1-2H3,(H,19,20);3*1H;/q;;;;+4/p-3. The summed E-state index contributed by atoms with van der Waals surface area (Å²) in [5.74, 6) is 2.04. The number of aromatic nitrogens is 4. The summed E-state index contributed by atoms with van der Waals surface area (Å²) in [6, 6.07) is 16.3. The van der Waals surface area contributed by atoms with E-state index in [0.29, 0.717) is 0 Å². The molecule has 4 aromatic rings. The van der Waals surface area contributed by atoms with Gasteiger partial charge in [-0.15, -0.1) is 0 Å². The van der Waals surface area contributed by atoms with Crippen LogP contribution in [0.1, 0.15) is 11.6 Å². The van der Waals surface area contributed by atoms with Crippen LogP contribution in [0.3, 0.4) is 0 Å². The van der Waals surface area contributed by atoms with E-state index >= 15 is 0 Å². The quantitative estimate of drug-likeness (QED) is 0.455. The van der Waals surface area contributed by atoms with E-state index in [0.717, 1.165) is 41.3 Å². The number of para-hydroxylation sites is 4. The molecule has 0 aliphatic carbocycles. The third-order valence-electron chi connectivity index (χ3n) is 4.15. The van der Waals surface area contributed by atoms with Gasteiger partial charge >= 0.3 is 41.5 Å². The van der Waals surface area contributed by atoms with E-state index in [1.54, 1.807) is 0 Å². The number of nitrogens with zero attached hydrogens (tertiary/aromatic N) is 4.